The van der Waals surface area contributed by atoms with Crippen LogP contribution in [-0.4, -0.2) is 34.7 Å². The van der Waals surface area contributed by atoms with Crippen LogP contribution in [0.4, 0.5) is 0 Å². The van der Waals surface area contributed by atoms with Crippen LogP contribution in [0.25, 0.3) is 0 Å². The maximum Gasteiger partial charge on any atom is 0.238 e. The first-order valence-corrected chi connectivity index (χ1v) is 6.27. The van der Waals surface area contributed by atoms with Crippen LogP contribution in [0, 0.1) is 0 Å². The molecule has 0 saturated heterocycles. The lowest BCUT2D eigenvalue weighted by Gasteiger charge is -2.19. The van der Waals surface area contributed by atoms with Gasteiger partial charge in [-0.1, -0.05) is 26.7 Å². The third-order valence-electron chi connectivity index (χ3n) is 1.97. The van der Waals surface area contributed by atoms with E-state index in [-0.39, 0.29) is 9.92 Å². The van der Waals surface area contributed by atoms with Gasteiger partial charge in [0.05, 0.1) is 0 Å². The van der Waals surface area contributed by atoms with Gasteiger partial charge in [0.25, 0.3) is 0 Å². The van der Waals surface area contributed by atoms with Crippen molar-refractivity contribution in [2.45, 2.75) is 39.5 Å². The van der Waals surface area contributed by atoms with Crippen LogP contribution in [0.2, 0.25) is 0 Å². The Labute approximate surface area is 79.3 Å². The molecule has 0 saturated carbocycles. The molecule has 0 aliphatic carbocycles. The highest BCUT2D eigenvalue weighted by Crippen LogP contribution is 1.97. The molecule has 0 atom stereocenters. The van der Waals surface area contributed by atoms with Gasteiger partial charge in [0.2, 0.25) is 9.92 Å². The van der Waals surface area contributed by atoms with E-state index in [1.54, 1.807) is 0 Å². The average Bonchev–Trinajstić information content (AvgIpc) is 2.10. The zero-order chi connectivity index (χ0) is 9.23. The van der Waals surface area contributed by atoms with E-state index in [2.05, 4.69) is 18.4 Å². The highest BCUT2D eigenvalue weighted by atomic mass is 28.2. The van der Waals surface area contributed by atoms with Crippen molar-refractivity contribution in [2.24, 2.45) is 0 Å². The summed E-state index contributed by atoms with van der Waals surface area (Å²) in [7, 11) is 1.46. The van der Waals surface area contributed by atoms with Gasteiger partial charge in [-0.2, -0.15) is 0 Å². The molecule has 0 fully saturated rings. The van der Waals surface area contributed by atoms with Crippen molar-refractivity contribution in [1.29, 1.82) is 0 Å². The van der Waals surface area contributed by atoms with Gasteiger partial charge in [-0.3, -0.25) is 0 Å². The minimum absolute atomic E-state index is 0.372. The van der Waals surface area contributed by atoms with E-state index in [1.165, 1.54) is 38.8 Å². The van der Waals surface area contributed by atoms with Gasteiger partial charge in [0.15, 0.2) is 0 Å². The topological polar surface area (TPSA) is 12.5 Å². The van der Waals surface area contributed by atoms with Crippen molar-refractivity contribution in [3.63, 3.8) is 0 Å². The quantitative estimate of drug-likeness (QED) is 0.537. The second-order valence-corrected chi connectivity index (χ2v) is 4.97. The Morgan fingerprint density at radius 3 is 1.92 bits per heavy atom. The third kappa shape index (κ3) is 6.82. The van der Waals surface area contributed by atoms with Gasteiger partial charge in [-0.15, -0.1) is 0 Å². The summed E-state index contributed by atoms with van der Waals surface area (Å²) >= 11 is 0. The maximum absolute atomic E-state index is 5.26. The molecular formula is C9H23NOSi. The fourth-order valence-corrected chi connectivity index (χ4v) is 2.26. The highest BCUT2D eigenvalue weighted by molar-refractivity contribution is 6.23. The standard InChI is InChI=1S/C9H23NOSi/c1-4-6-8-10(12-11-3)9-7-5-2/h4-9,12H2,1-3H3. The van der Waals surface area contributed by atoms with Crippen LogP contribution >= 0.6 is 0 Å². The molecule has 12 heavy (non-hydrogen) atoms. The van der Waals surface area contributed by atoms with Crippen LogP contribution in [-0.2, 0) is 4.43 Å². The monoisotopic (exact) mass is 189 g/mol. The summed E-state index contributed by atoms with van der Waals surface area (Å²) in [5, 5.41) is 0. The largest absolute Gasteiger partial charge is 0.411 e. The van der Waals surface area contributed by atoms with Crippen LogP contribution in [0.3, 0.4) is 0 Å². The fourth-order valence-electron chi connectivity index (χ4n) is 1.19. The molecule has 0 aliphatic heterocycles. The maximum atomic E-state index is 5.26. The predicted octanol–water partition coefficient (Wildman–Crippen LogP) is 1.53. The SMILES string of the molecule is CCCCN(CCCC)[SiH2]OC. The van der Waals surface area contributed by atoms with Gasteiger partial charge in [-0.05, 0) is 25.9 Å². The third-order valence-corrected chi connectivity index (χ3v) is 3.22. The smallest absolute Gasteiger partial charge is 0.238 e. The molecule has 0 bridgehead atoms. The second-order valence-electron chi connectivity index (χ2n) is 3.24. The Morgan fingerprint density at radius 2 is 1.58 bits per heavy atom. The molecule has 0 aliphatic rings. The molecule has 0 aromatic carbocycles. The first-order chi connectivity index (χ1) is 5.85. The number of hydrogen-bond donors (Lipinski definition) is 0. The molecule has 0 N–H and O–H groups in total. The summed E-state index contributed by atoms with van der Waals surface area (Å²) in [4.78, 5) is 0. The van der Waals surface area contributed by atoms with E-state index < -0.39 is 0 Å². The number of nitrogens with zero attached hydrogens (tertiary/aromatic N) is 1. The average molecular weight is 189 g/mol. The lowest BCUT2D eigenvalue weighted by Crippen LogP contribution is -2.31. The van der Waals surface area contributed by atoms with Crippen molar-refractivity contribution in [3.8, 4) is 0 Å². The number of unbranched alkanes of at least 4 members (excludes halogenated alkanes) is 2. The molecule has 0 unspecified atom stereocenters. The normalized spacial score (nSPS) is 12.0. The van der Waals surface area contributed by atoms with Crippen LogP contribution in [0.1, 0.15) is 39.5 Å². The summed E-state index contributed by atoms with van der Waals surface area (Å²) in [6.45, 7) is 6.98. The van der Waals surface area contributed by atoms with E-state index in [4.69, 9.17) is 4.43 Å². The molecule has 0 rings (SSSR count). The van der Waals surface area contributed by atoms with E-state index in [1.807, 2.05) is 7.11 Å². The first kappa shape index (κ1) is 12.1. The highest BCUT2D eigenvalue weighted by Gasteiger charge is 2.02. The zero-order valence-electron chi connectivity index (χ0n) is 8.81. The lowest BCUT2D eigenvalue weighted by atomic mass is 10.3. The summed E-state index contributed by atoms with van der Waals surface area (Å²) in [6, 6.07) is 0. The lowest BCUT2D eigenvalue weighted by molar-refractivity contribution is 0.329. The second kappa shape index (κ2) is 9.23. The van der Waals surface area contributed by atoms with Crippen LogP contribution in [0.15, 0.2) is 0 Å². The van der Waals surface area contributed by atoms with Crippen molar-refractivity contribution in [2.75, 3.05) is 20.2 Å². The van der Waals surface area contributed by atoms with E-state index >= 15 is 0 Å². The molecule has 0 heterocycles. The van der Waals surface area contributed by atoms with Gasteiger partial charge in [0.1, 0.15) is 0 Å². The van der Waals surface area contributed by atoms with Gasteiger partial charge in [-0.25, -0.2) is 0 Å². The zero-order valence-corrected chi connectivity index (χ0v) is 10.2. The minimum atomic E-state index is -0.372. The van der Waals surface area contributed by atoms with Crippen LogP contribution < -0.4 is 0 Å². The molecule has 3 heteroatoms. The summed E-state index contributed by atoms with van der Waals surface area (Å²) < 4.78 is 7.78. The van der Waals surface area contributed by atoms with Crippen molar-refractivity contribution in [3.05, 3.63) is 0 Å². The van der Waals surface area contributed by atoms with Gasteiger partial charge in [0, 0.05) is 7.11 Å². The summed E-state index contributed by atoms with van der Waals surface area (Å²) in [5.41, 5.74) is 0. The van der Waals surface area contributed by atoms with E-state index in [9.17, 15) is 0 Å². The van der Waals surface area contributed by atoms with Crippen LogP contribution in [0.5, 0.6) is 0 Å². The summed E-state index contributed by atoms with van der Waals surface area (Å²) in [5.74, 6) is 0. The first-order valence-electron chi connectivity index (χ1n) is 5.06. The number of rotatable bonds is 8. The Bertz CT molecular complexity index is 82.6. The Balaban J connectivity index is 3.40. The molecular weight excluding hydrogens is 166 g/mol. The summed E-state index contributed by atoms with van der Waals surface area (Å²) in [6.07, 6.45) is 5.22. The molecule has 0 amide bonds. The van der Waals surface area contributed by atoms with Crippen molar-refractivity contribution < 1.29 is 4.43 Å². The molecule has 0 radical (unpaired) electrons. The van der Waals surface area contributed by atoms with Gasteiger partial charge >= 0.3 is 0 Å². The molecule has 74 valence electrons. The fraction of sp³-hybridized carbons (Fsp3) is 1.00. The Morgan fingerprint density at radius 1 is 1.08 bits per heavy atom. The predicted molar refractivity (Wildman–Crippen MR) is 56.9 cm³/mol. The molecule has 0 spiro atoms. The molecule has 0 aromatic heterocycles. The Kier molecular flexibility index (Phi) is 9.33. The van der Waals surface area contributed by atoms with Crippen molar-refractivity contribution >= 4 is 9.92 Å². The van der Waals surface area contributed by atoms with E-state index in [0.29, 0.717) is 0 Å². The molecule has 2 nitrogen and oxygen atoms in total. The van der Waals surface area contributed by atoms with E-state index in [0.717, 1.165) is 0 Å². The molecule has 0 aromatic rings. The minimum Gasteiger partial charge on any atom is -0.411 e. The number of hydrogen-bond acceptors (Lipinski definition) is 2. The Hall–Kier alpha value is 0.137. The van der Waals surface area contributed by atoms with Crippen molar-refractivity contribution in [1.82, 2.24) is 4.57 Å². The van der Waals surface area contributed by atoms with Gasteiger partial charge < -0.3 is 8.99 Å².